The van der Waals surface area contributed by atoms with Crippen molar-refractivity contribution in [2.75, 3.05) is 0 Å². The van der Waals surface area contributed by atoms with Crippen molar-refractivity contribution in [2.45, 2.75) is 213 Å². The van der Waals surface area contributed by atoms with E-state index in [-0.39, 0.29) is 18.5 Å². The van der Waals surface area contributed by atoms with Gasteiger partial charge in [-0.1, -0.05) is 142 Å². The van der Waals surface area contributed by atoms with E-state index < -0.39 is 5.97 Å². The highest BCUT2D eigenvalue weighted by Crippen LogP contribution is 2.18. The Balaban J connectivity index is 3.62. The van der Waals surface area contributed by atoms with E-state index in [1.807, 2.05) is 0 Å². The summed E-state index contributed by atoms with van der Waals surface area (Å²) in [6.07, 6.45) is 39.7. The third-order valence-electron chi connectivity index (χ3n) is 8.24. The minimum absolute atomic E-state index is 0.00887. The number of hydrogen-bond acceptors (Lipinski definition) is 3. The molecule has 1 unspecified atom stereocenters. The zero-order valence-corrected chi connectivity index (χ0v) is 27.6. The van der Waals surface area contributed by atoms with Crippen molar-refractivity contribution in [1.82, 2.24) is 0 Å². The second kappa shape index (κ2) is 33.2. The normalized spacial score (nSPS) is 12.2. The molecule has 1 N–H and O–H groups in total. The van der Waals surface area contributed by atoms with Crippen LogP contribution in [0.5, 0.6) is 0 Å². The monoisotopic (exact) mass is 579 g/mol. The molecule has 0 radical (unpaired) electrons. The highest BCUT2D eigenvalue weighted by atomic mass is 16.5. The molecule has 41 heavy (non-hydrogen) atoms. The van der Waals surface area contributed by atoms with Crippen LogP contribution in [0.3, 0.4) is 0 Å². The molecule has 0 aromatic rings. The Bertz CT molecular complexity index is 585. The lowest BCUT2D eigenvalue weighted by molar-refractivity contribution is -0.150. The lowest BCUT2D eigenvalue weighted by Gasteiger charge is -2.18. The molecule has 0 heterocycles. The molecule has 0 fully saturated rings. The summed E-state index contributed by atoms with van der Waals surface area (Å²) < 4.78 is 5.84. The quantitative estimate of drug-likeness (QED) is 0.0478. The van der Waals surface area contributed by atoms with Crippen LogP contribution < -0.4 is 0 Å². The van der Waals surface area contributed by atoms with Gasteiger partial charge in [0, 0.05) is 12.8 Å². The second-order valence-corrected chi connectivity index (χ2v) is 12.4. The van der Waals surface area contributed by atoms with Crippen molar-refractivity contribution in [2.24, 2.45) is 0 Å². The van der Waals surface area contributed by atoms with Gasteiger partial charge in [0.05, 0.1) is 0 Å². The van der Waals surface area contributed by atoms with Gasteiger partial charge in [-0.2, -0.15) is 0 Å². The van der Waals surface area contributed by atoms with Crippen molar-refractivity contribution in [3.05, 3.63) is 12.2 Å². The maximum Gasteiger partial charge on any atom is 0.306 e. The van der Waals surface area contributed by atoms with Crippen LogP contribution in [0, 0.1) is 0 Å². The molecule has 1 atom stereocenters. The summed E-state index contributed by atoms with van der Waals surface area (Å²) in [5, 5.41) is 8.80. The lowest BCUT2D eigenvalue weighted by atomic mass is 10.0. The fraction of sp³-hybridized carbons (Fsp3) is 0.892. The van der Waals surface area contributed by atoms with E-state index >= 15 is 0 Å². The van der Waals surface area contributed by atoms with Crippen molar-refractivity contribution < 1.29 is 19.4 Å². The van der Waals surface area contributed by atoms with E-state index in [1.54, 1.807) is 0 Å². The van der Waals surface area contributed by atoms with E-state index in [2.05, 4.69) is 26.0 Å². The largest absolute Gasteiger partial charge is 0.481 e. The van der Waals surface area contributed by atoms with Crippen LogP contribution in [0.2, 0.25) is 0 Å². The van der Waals surface area contributed by atoms with Gasteiger partial charge in [-0.15, -0.1) is 0 Å². The molecule has 242 valence electrons. The minimum Gasteiger partial charge on any atom is -0.481 e. The molecule has 4 nitrogen and oxygen atoms in total. The Hall–Kier alpha value is -1.32. The molecule has 0 saturated carbocycles. The molecule has 0 amide bonds. The molecule has 0 aliphatic carbocycles. The zero-order valence-electron chi connectivity index (χ0n) is 27.6. The summed E-state index contributed by atoms with van der Waals surface area (Å²) in [4.78, 5) is 23.1. The van der Waals surface area contributed by atoms with E-state index in [0.717, 1.165) is 44.9 Å². The number of esters is 1. The molecular formula is C37H70O4. The van der Waals surface area contributed by atoms with Crippen molar-refractivity contribution in [3.63, 3.8) is 0 Å². The van der Waals surface area contributed by atoms with Gasteiger partial charge >= 0.3 is 11.9 Å². The fourth-order valence-electron chi connectivity index (χ4n) is 5.53. The molecule has 0 spiro atoms. The van der Waals surface area contributed by atoms with E-state index in [4.69, 9.17) is 9.84 Å². The summed E-state index contributed by atoms with van der Waals surface area (Å²) >= 11 is 0. The number of allylic oxidation sites excluding steroid dienone is 2. The van der Waals surface area contributed by atoms with E-state index in [1.165, 1.54) is 128 Å². The SMILES string of the molecule is CCCCCCCCCC/C=C\CCCCCCCCCCCC(=O)OC(CCCCCC)CCCCCC(=O)O. The first-order valence-electron chi connectivity index (χ1n) is 18.2. The van der Waals surface area contributed by atoms with Gasteiger partial charge in [-0.3, -0.25) is 9.59 Å². The first-order valence-corrected chi connectivity index (χ1v) is 18.2. The summed E-state index contributed by atoms with van der Waals surface area (Å²) in [6, 6.07) is 0. The van der Waals surface area contributed by atoms with Gasteiger partial charge in [0.15, 0.2) is 0 Å². The van der Waals surface area contributed by atoms with Gasteiger partial charge < -0.3 is 9.84 Å². The van der Waals surface area contributed by atoms with Crippen LogP contribution in [0.25, 0.3) is 0 Å². The third-order valence-corrected chi connectivity index (χ3v) is 8.24. The number of unbranched alkanes of at least 4 members (excludes halogenated alkanes) is 22. The second-order valence-electron chi connectivity index (χ2n) is 12.4. The molecule has 0 aliphatic rings. The van der Waals surface area contributed by atoms with Crippen LogP contribution in [0.1, 0.15) is 206 Å². The molecule has 0 aromatic heterocycles. The number of hydrogen-bond donors (Lipinski definition) is 1. The smallest absolute Gasteiger partial charge is 0.306 e. The minimum atomic E-state index is -0.727. The third kappa shape index (κ3) is 33.1. The zero-order chi connectivity index (χ0) is 30.1. The van der Waals surface area contributed by atoms with Gasteiger partial charge in [0.1, 0.15) is 6.10 Å². The van der Waals surface area contributed by atoms with Gasteiger partial charge in [-0.05, 0) is 64.2 Å². The highest BCUT2D eigenvalue weighted by molar-refractivity contribution is 5.69. The number of aliphatic carboxylic acids is 1. The number of carbonyl (C=O) groups excluding carboxylic acids is 1. The molecule has 0 aromatic carbocycles. The number of rotatable bonds is 33. The fourth-order valence-corrected chi connectivity index (χ4v) is 5.53. The number of carbonyl (C=O) groups is 2. The lowest BCUT2D eigenvalue weighted by Crippen LogP contribution is -2.18. The molecule has 4 heteroatoms. The number of ether oxygens (including phenoxy) is 1. The Morgan fingerprint density at radius 3 is 1.34 bits per heavy atom. The summed E-state index contributed by atoms with van der Waals surface area (Å²) in [7, 11) is 0. The first kappa shape index (κ1) is 39.7. The Kier molecular flexibility index (Phi) is 32.1. The van der Waals surface area contributed by atoms with Crippen LogP contribution in [0.4, 0.5) is 0 Å². The average molecular weight is 579 g/mol. The van der Waals surface area contributed by atoms with Crippen LogP contribution in [-0.4, -0.2) is 23.1 Å². The van der Waals surface area contributed by atoms with Crippen molar-refractivity contribution >= 4 is 11.9 Å². The molecule has 0 bridgehead atoms. The molecule has 0 rings (SSSR count). The Morgan fingerprint density at radius 1 is 0.512 bits per heavy atom. The van der Waals surface area contributed by atoms with Gasteiger partial charge in [0.2, 0.25) is 0 Å². The summed E-state index contributed by atoms with van der Waals surface area (Å²) in [6.45, 7) is 4.49. The standard InChI is InChI=1S/C37H70O4/c1-3-5-7-9-10-11-12-13-14-15-16-17-18-19-20-21-22-23-24-25-30-34-37(40)41-35(31-27-8-6-4-2)32-28-26-29-33-36(38)39/h15-16,35H,3-14,17-34H2,1-2H3,(H,38,39)/b16-15-. The van der Waals surface area contributed by atoms with Gasteiger partial charge in [0.25, 0.3) is 0 Å². The average Bonchev–Trinajstić information content (AvgIpc) is 2.95. The van der Waals surface area contributed by atoms with Crippen LogP contribution in [-0.2, 0) is 14.3 Å². The first-order chi connectivity index (χ1) is 20.1. The van der Waals surface area contributed by atoms with Crippen molar-refractivity contribution in [1.29, 1.82) is 0 Å². The number of carboxylic acid groups (broad SMARTS) is 1. The van der Waals surface area contributed by atoms with Gasteiger partial charge in [-0.25, -0.2) is 0 Å². The molecular weight excluding hydrogens is 508 g/mol. The van der Waals surface area contributed by atoms with Crippen LogP contribution >= 0.6 is 0 Å². The maximum absolute atomic E-state index is 12.4. The predicted octanol–water partition coefficient (Wildman–Crippen LogP) is 12.3. The molecule has 0 aliphatic heterocycles. The molecule has 0 saturated heterocycles. The summed E-state index contributed by atoms with van der Waals surface area (Å²) in [5.41, 5.74) is 0. The highest BCUT2D eigenvalue weighted by Gasteiger charge is 2.14. The van der Waals surface area contributed by atoms with Crippen molar-refractivity contribution in [3.8, 4) is 0 Å². The Morgan fingerprint density at radius 2 is 0.878 bits per heavy atom. The van der Waals surface area contributed by atoms with E-state index in [0.29, 0.717) is 12.8 Å². The topological polar surface area (TPSA) is 63.6 Å². The summed E-state index contributed by atoms with van der Waals surface area (Å²) in [5.74, 6) is -0.766. The van der Waals surface area contributed by atoms with Crippen LogP contribution in [0.15, 0.2) is 12.2 Å². The maximum atomic E-state index is 12.4. The Labute approximate surface area is 255 Å². The predicted molar refractivity (Wildman–Crippen MR) is 177 cm³/mol. The number of carboxylic acids is 1. The van der Waals surface area contributed by atoms with E-state index in [9.17, 15) is 9.59 Å².